The van der Waals surface area contributed by atoms with E-state index in [0.29, 0.717) is 26.0 Å². The van der Waals surface area contributed by atoms with Gasteiger partial charge in [-0.15, -0.1) is 0 Å². The van der Waals surface area contributed by atoms with Crippen molar-refractivity contribution < 1.29 is 58.6 Å². The summed E-state index contributed by atoms with van der Waals surface area (Å²) in [6, 6.07) is 6.74. The molecule has 1 atom stereocenters. The van der Waals surface area contributed by atoms with Crippen molar-refractivity contribution in [3.8, 4) is 5.75 Å². The summed E-state index contributed by atoms with van der Waals surface area (Å²) in [7, 11) is -2.00. The summed E-state index contributed by atoms with van der Waals surface area (Å²) >= 11 is 0. The van der Waals surface area contributed by atoms with Crippen LogP contribution in [0.3, 0.4) is 0 Å². The van der Waals surface area contributed by atoms with Crippen LogP contribution in [0.2, 0.25) is 0 Å². The van der Waals surface area contributed by atoms with Gasteiger partial charge in [-0.25, -0.2) is 8.42 Å². The highest BCUT2D eigenvalue weighted by molar-refractivity contribution is 7.92. The first-order valence-corrected chi connectivity index (χ1v) is 15.1. The molecule has 1 N–H and O–H groups in total. The molecule has 10 nitrogen and oxygen atoms in total. The van der Waals surface area contributed by atoms with Crippen LogP contribution in [0.5, 0.6) is 5.75 Å². The first-order chi connectivity index (χ1) is 20.8. The van der Waals surface area contributed by atoms with Crippen molar-refractivity contribution in [3.05, 3.63) is 53.6 Å². The number of rotatable bonds is 8. The highest BCUT2D eigenvalue weighted by Crippen LogP contribution is 2.40. The Bertz CT molecular complexity index is 1600. The summed E-state index contributed by atoms with van der Waals surface area (Å²) in [4.78, 5) is 37.2. The molecule has 0 fully saturated rings. The summed E-state index contributed by atoms with van der Waals surface area (Å²) < 4.78 is 119. The number of esters is 1. The molecule has 2 aromatic carbocycles. The third-order valence-corrected chi connectivity index (χ3v) is 8.67. The zero-order valence-electron chi connectivity index (χ0n) is 25.7. The second-order valence-electron chi connectivity index (χ2n) is 12.0. The highest BCUT2D eigenvalue weighted by atomic mass is 32.2. The number of carbonyl (C=O) groups is 3. The van der Waals surface area contributed by atoms with Crippen LogP contribution < -0.4 is 14.4 Å². The zero-order chi connectivity index (χ0) is 35.0. The van der Waals surface area contributed by atoms with E-state index in [2.05, 4.69) is 10.1 Å². The van der Waals surface area contributed by atoms with E-state index in [9.17, 15) is 49.1 Å². The van der Waals surface area contributed by atoms with Crippen molar-refractivity contribution in [2.45, 2.75) is 75.0 Å². The molecule has 0 saturated heterocycles. The van der Waals surface area contributed by atoms with Crippen molar-refractivity contribution in [3.63, 3.8) is 0 Å². The molecular weight excluding hydrogens is 648 g/mol. The van der Waals surface area contributed by atoms with Gasteiger partial charge in [-0.1, -0.05) is 12.1 Å². The van der Waals surface area contributed by atoms with Gasteiger partial charge in [0.15, 0.2) is 0 Å². The first-order valence-electron chi connectivity index (χ1n) is 13.7. The topological polar surface area (TPSA) is 122 Å². The maximum atomic E-state index is 13.9. The number of carbonyl (C=O) groups excluding carboxylic acids is 3. The van der Waals surface area contributed by atoms with Crippen molar-refractivity contribution in [1.29, 1.82) is 0 Å². The lowest BCUT2D eigenvalue weighted by molar-refractivity contribution is -0.257. The SMILES string of the molecule is CN(C)C(=O)C(=O)NC(C)(C)C[C@H]1CN(S(=O)(=O)c2cccc(C(F)(F)F)c2)c2cc(CC(=O)OC(C)(C)C(F)(F)F)ccc2O1. The van der Waals surface area contributed by atoms with Gasteiger partial charge in [-0.05, 0) is 63.6 Å². The molecule has 2 amide bonds. The number of nitrogens with one attached hydrogen (secondary N) is 1. The molecule has 0 saturated carbocycles. The Labute approximate surface area is 261 Å². The van der Waals surface area contributed by atoms with Crippen LogP contribution in [0.1, 0.15) is 45.2 Å². The van der Waals surface area contributed by atoms with Gasteiger partial charge in [0.25, 0.3) is 10.0 Å². The zero-order valence-corrected chi connectivity index (χ0v) is 26.5. The number of hydrogen-bond donors (Lipinski definition) is 1. The van der Waals surface area contributed by atoms with Gasteiger partial charge in [0, 0.05) is 26.1 Å². The number of alkyl halides is 6. The average molecular weight is 682 g/mol. The van der Waals surface area contributed by atoms with E-state index in [1.54, 1.807) is 13.8 Å². The Morgan fingerprint density at radius 2 is 1.63 bits per heavy atom. The minimum atomic E-state index is -4.87. The van der Waals surface area contributed by atoms with E-state index in [1.165, 1.54) is 26.2 Å². The molecular formula is C29H33F6N3O7S. The molecule has 0 radical (unpaired) electrons. The van der Waals surface area contributed by atoms with Gasteiger partial charge in [-0.3, -0.25) is 18.7 Å². The lowest BCUT2D eigenvalue weighted by Crippen LogP contribution is -2.53. The van der Waals surface area contributed by atoms with Crippen molar-refractivity contribution in [1.82, 2.24) is 10.2 Å². The van der Waals surface area contributed by atoms with Crippen molar-refractivity contribution in [2.75, 3.05) is 24.9 Å². The Balaban J connectivity index is 2.02. The number of fused-ring (bicyclic) bond motifs is 1. The standard InChI is InChI=1S/C29H33F6N3O7S/c1-26(2,36-24(40)25(41)37(5)6)15-19-16-38(46(42,43)20-9-7-8-18(14-20)28(30,31)32)21-12-17(10-11-22(21)44-19)13-23(39)45-27(3,4)29(33,34)35/h7-12,14,19H,13,15-16H2,1-6H3,(H,36,40)/t19-/m0/s1. The molecule has 1 heterocycles. The van der Waals surface area contributed by atoms with Crippen LogP contribution in [0.4, 0.5) is 32.0 Å². The van der Waals surface area contributed by atoms with Gasteiger partial charge < -0.3 is 19.7 Å². The van der Waals surface area contributed by atoms with Crippen molar-refractivity contribution >= 4 is 33.5 Å². The second-order valence-corrected chi connectivity index (χ2v) is 13.9. The number of hydrogen-bond acceptors (Lipinski definition) is 7. The van der Waals surface area contributed by atoms with Crippen LogP contribution >= 0.6 is 0 Å². The van der Waals surface area contributed by atoms with E-state index >= 15 is 0 Å². The molecule has 0 aliphatic carbocycles. The molecule has 1 aliphatic heterocycles. The number of halogens is 6. The molecule has 17 heteroatoms. The largest absolute Gasteiger partial charge is 0.486 e. The number of sulfonamides is 1. The molecule has 0 bridgehead atoms. The van der Waals surface area contributed by atoms with E-state index in [1.807, 2.05) is 0 Å². The Morgan fingerprint density at radius 1 is 1.00 bits per heavy atom. The summed E-state index contributed by atoms with van der Waals surface area (Å²) in [5.74, 6) is -3.13. The third-order valence-electron chi connectivity index (χ3n) is 6.89. The number of nitrogens with zero attached hydrogens (tertiary/aromatic N) is 2. The fraction of sp³-hybridized carbons (Fsp3) is 0.483. The normalized spacial score (nSPS) is 15.8. The lowest BCUT2D eigenvalue weighted by Gasteiger charge is -2.39. The predicted octanol–water partition coefficient (Wildman–Crippen LogP) is 4.46. The molecule has 3 rings (SSSR count). The van der Waals surface area contributed by atoms with Crippen LogP contribution in [0, 0.1) is 0 Å². The number of anilines is 1. The fourth-order valence-electron chi connectivity index (χ4n) is 4.49. The monoisotopic (exact) mass is 681 g/mol. The molecule has 0 unspecified atom stereocenters. The molecule has 0 spiro atoms. The summed E-state index contributed by atoms with van der Waals surface area (Å²) in [6.45, 7) is 3.94. The molecule has 2 aromatic rings. The molecule has 1 aliphatic rings. The van der Waals surface area contributed by atoms with Gasteiger partial charge in [0.05, 0.1) is 29.1 Å². The smallest absolute Gasteiger partial charge is 0.427 e. The lowest BCUT2D eigenvalue weighted by atomic mass is 9.95. The van der Waals surface area contributed by atoms with Crippen molar-refractivity contribution in [2.24, 2.45) is 0 Å². The van der Waals surface area contributed by atoms with Crippen LogP contribution in [-0.4, -0.2) is 75.2 Å². The Morgan fingerprint density at radius 3 is 2.20 bits per heavy atom. The summed E-state index contributed by atoms with van der Waals surface area (Å²) in [5, 5.41) is 2.54. The van der Waals surface area contributed by atoms with Gasteiger partial charge in [0.2, 0.25) is 5.60 Å². The van der Waals surface area contributed by atoms with Gasteiger partial charge in [-0.2, -0.15) is 26.3 Å². The first kappa shape index (κ1) is 36.4. The minimum absolute atomic E-state index is 0.0304. The molecule has 254 valence electrons. The maximum Gasteiger partial charge on any atom is 0.427 e. The second kappa shape index (κ2) is 12.6. The highest BCUT2D eigenvalue weighted by Gasteiger charge is 2.51. The molecule has 0 aromatic heterocycles. The van der Waals surface area contributed by atoms with Crippen LogP contribution in [0.15, 0.2) is 47.4 Å². The molecule has 46 heavy (non-hydrogen) atoms. The Kier molecular flexibility index (Phi) is 10.0. The van der Waals surface area contributed by atoms with Crippen LogP contribution in [-0.2, 0) is 41.7 Å². The fourth-order valence-corrected chi connectivity index (χ4v) is 6.04. The number of ether oxygens (including phenoxy) is 2. The summed E-state index contributed by atoms with van der Waals surface area (Å²) in [6.07, 6.45) is -11.5. The third kappa shape index (κ3) is 8.41. The number of amides is 2. The van der Waals surface area contributed by atoms with Crippen LogP contribution in [0.25, 0.3) is 0 Å². The quantitative estimate of drug-likeness (QED) is 0.248. The van der Waals surface area contributed by atoms with Gasteiger partial charge >= 0.3 is 30.1 Å². The summed E-state index contributed by atoms with van der Waals surface area (Å²) in [5.41, 5.74) is -5.35. The predicted molar refractivity (Wildman–Crippen MR) is 152 cm³/mol. The van der Waals surface area contributed by atoms with E-state index in [4.69, 9.17) is 4.74 Å². The average Bonchev–Trinajstić information content (AvgIpc) is 2.90. The number of benzene rings is 2. The van der Waals surface area contributed by atoms with E-state index < -0.39 is 80.8 Å². The van der Waals surface area contributed by atoms with E-state index in [-0.39, 0.29) is 23.4 Å². The van der Waals surface area contributed by atoms with Gasteiger partial charge in [0.1, 0.15) is 11.9 Å². The van der Waals surface area contributed by atoms with E-state index in [0.717, 1.165) is 27.4 Å². The minimum Gasteiger partial charge on any atom is -0.486 e. The number of likely N-dealkylation sites (N-methyl/N-ethyl adjacent to an activating group) is 1. The maximum absolute atomic E-state index is 13.9. The Hall–Kier alpha value is -4.02.